The highest BCUT2D eigenvalue weighted by Crippen LogP contribution is 2.24. The Morgan fingerprint density at radius 1 is 1.32 bits per heavy atom. The van der Waals surface area contributed by atoms with Gasteiger partial charge in [0.25, 0.3) is 5.91 Å². The van der Waals surface area contributed by atoms with Crippen LogP contribution in [0.2, 0.25) is 5.02 Å². The van der Waals surface area contributed by atoms with Gasteiger partial charge in [0.2, 0.25) is 0 Å². The van der Waals surface area contributed by atoms with E-state index in [9.17, 15) is 9.90 Å². The number of aromatic nitrogens is 2. The maximum absolute atomic E-state index is 12.7. The summed E-state index contributed by atoms with van der Waals surface area (Å²) in [5, 5.41) is 24.1. The van der Waals surface area contributed by atoms with E-state index in [1.165, 1.54) is 11.3 Å². The molecule has 3 aromatic rings. The lowest BCUT2D eigenvalue weighted by Crippen LogP contribution is -2.40. The lowest BCUT2D eigenvalue weighted by atomic mass is 10.1. The van der Waals surface area contributed by atoms with Gasteiger partial charge in [-0.05, 0) is 43.2 Å². The minimum absolute atomic E-state index is 0.116. The molecule has 0 bridgehead atoms. The molecule has 5 N–H and O–H groups in total. The normalized spacial score (nSPS) is 11.9. The van der Waals surface area contributed by atoms with Crippen molar-refractivity contribution in [2.75, 3.05) is 0 Å². The van der Waals surface area contributed by atoms with Crippen LogP contribution in [0.5, 0.6) is 0 Å². The number of amidine groups is 1. The van der Waals surface area contributed by atoms with Gasteiger partial charge in [-0.1, -0.05) is 23.7 Å². The number of thiazole rings is 1. The smallest absolute Gasteiger partial charge is 0.269 e. The van der Waals surface area contributed by atoms with Gasteiger partial charge in [-0.25, -0.2) is 4.98 Å². The molecule has 0 aliphatic heterocycles. The third-order valence-corrected chi connectivity index (χ3v) is 5.50. The van der Waals surface area contributed by atoms with Gasteiger partial charge in [-0.15, -0.1) is 11.3 Å². The summed E-state index contributed by atoms with van der Waals surface area (Å²) >= 11 is 7.21. The van der Waals surface area contributed by atoms with Crippen LogP contribution in [0.15, 0.2) is 36.5 Å². The number of aromatic amines is 1. The maximum Gasteiger partial charge on any atom is 0.269 e. The van der Waals surface area contributed by atoms with Crippen molar-refractivity contribution in [3.63, 3.8) is 0 Å². The van der Waals surface area contributed by atoms with E-state index in [4.69, 9.17) is 17.0 Å². The van der Waals surface area contributed by atoms with Crippen LogP contribution >= 0.6 is 22.9 Å². The number of hydrogen-bond donors (Lipinski definition) is 5. The van der Waals surface area contributed by atoms with Gasteiger partial charge >= 0.3 is 0 Å². The van der Waals surface area contributed by atoms with Gasteiger partial charge in [0, 0.05) is 11.2 Å². The predicted octanol–water partition coefficient (Wildman–Crippen LogP) is 3.61. The van der Waals surface area contributed by atoms with E-state index >= 15 is 0 Å². The SMILES string of the molecule is CC(=N)NC(NC(=O)c1cc(-c2ccc(Cl)cc2)c[nH]1)c1nc(C)c(CO)s1. The molecule has 0 saturated carbocycles. The second-order valence-electron chi connectivity index (χ2n) is 6.20. The van der Waals surface area contributed by atoms with Gasteiger partial charge in [-0.3, -0.25) is 10.2 Å². The summed E-state index contributed by atoms with van der Waals surface area (Å²) in [6.07, 6.45) is 1.08. The summed E-state index contributed by atoms with van der Waals surface area (Å²) in [5.74, 6) is -0.144. The molecule has 0 spiro atoms. The molecule has 2 aromatic heterocycles. The standard InChI is InChI=1S/C19H20ClN5O2S/c1-10-16(9-26)28-19(23-10)17(24-11(2)21)25-18(27)15-7-13(8-22-15)12-3-5-14(20)6-4-12/h3-8,17,22,26H,9H2,1-2H3,(H2,21,24)(H,25,27). The molecule has 146 valence electrons. The Bertz CT molecular complexity index is 996. The van der Waals surface area contributed by atoms with Crippen LogP contribution in [0.25, 0.3) is 11.1 Å². The summed E-state index contributed by atoms with van der Waals surface area (Å²) in [6.45, 7) is 3.26. The summed E-state index contributed by atoms with van der Waals surface area (Å²) in [4.78, 5) is 20.8. The number of nitrogens with one attached hydrogen (secondary N) is 4. The van der Waals surface area contributed by atoms with Crippen molar-refractivity contribution in [1.29, 1.82) is 5.41 Å². The number of rotatable bonds is 6. The fourth-order valence-electron chi connectivity index (χ4n) is 2.64. The molecule has 28 heavy (non-hydrogen) atoms. The van der Waals surface area contributed by atoms with E-state index in [2.05, 4.69) is 20.6 Å². The molecule has 1 amide bonds. The van der Waals surface area contributed by atoms with Crippen LogP contribution in [0.4, 0.5) is 0 Å². The molecule has 7 nitrogen and oxygen atoms in total. The zero-order valence-corrected chi connectivity index (χ0v) is 16.9. The maximum atomic E-state index is 12.7. The van der Waals surface area contributed by atoms with Crippen molar-refractivity contribution in [2.45, 2.75) is 26.6 Å². The number of H-pyrrole nitrogens is 1. The number of aryl methyl sites for hydroxylation is 1. The number of carbonyl (C=O) groups is 1. The molecular formula is C19H20ClN5O2S. The number of hydrogen-bond acceptors (Lipinski definition) is 5. The van der Waals surface area contributed by atoms with E-state index in [1.54, 1.807) is 38.2 Å². The first-order valence-corrected chi connectivity index (χ1v) is 9.70. The zero-order chi connectivity index (χ0) is 20.3. The van der Waals surface area contributed by atoms with Crippen molar-refractivity contribution < 1.29 is 9.90 Å². The number of aliphatic hydroxyl groups excluding tert-OH is 1. The van der Waals surface area contributed by atoms with Crippen LogP contribution in [0, 0.1) is 12.3 Å². The summed E-state index contributed by atoms with van der Waals surface area (Å²) in [5.41, 5.74) is 2.89. The highest BCUT2D eigenvalue weighted by atomic mass is 35.5. The molecule has 0 aliphatic rings. The first kappa shape index (κ1) is 20.1. The number of nitrogens with zero attached hydrogens (tertiary/aromatic N) is 1. The van der Waals surface area contributed by atoms with Crippen molar-refractivity contribution in [1.82, 2.24) is 20.6 Å². The summed E-state index contributed by atoms with van der Waals surface area (Å²) in [6, 6.07) is 9.09. The Morgan fingerprint density at radius 2 is 2.04 bits per heavy atom. The fourth-order valence-corrected chi connectivity index (χ4v) is 3.69. The minimum atomic E-state index is -0.670. The van der Waals surface area contributed by atoms with Crippen molar-refractivity contribution in [3.8, 4) is 11.1 Å². The van der Waals surface area contributed by atoms with Crippen molar-refractivity contribution in [2.24, 2.45) is 0 Å². The van der Waals surface area contributed by atoms with Gasteiger partial charge in [-0.2, -0.15) is 0 Å². The van der Waals surface area contributed by atoms with Crippen LogP contribution in [0.3, 0.4) is 0 Å². The van der Waals surface area contributed by atoms with Crippen LogP contribution in [-0.2, 0) is 6.61 Å². The van der Waals surface area contributed by atoms with Crippen LogP contribution in [0.1, 0.15) is 39.2 Å². The third kappa shape index (κ3) is 4.59. The molecule has 1 unspecified atom stereocenters. The molecule has 9 heteroatoms. The minimum Gasteiger partial charge on any atom is -0.391 e. The van der Waals surface area contributed by atoms with E-state index in [0.29, 0.717) is 21.4 Å². The Labute approximate surface area is 171 Å². The summed E-state index contributed by atoms with van der Waals surface area (Å²) < 4.78 is 0. The monoisotopic (exact) mass is 417 g/mol. The number of aliphatic hydroxyl groups is 1. The topological polar surface area (TPSA) is 114 Å². The van der Waals surface area contributed by atoms with Crippen LogP contribution in [-0.4, -0.2) is 26.8 Å². The predicted molar refractivity (Wildman–Crippen MR) is 111 cm³/mol. The highest BCUT2D eigenvalue weighted by Gasteiger charge is 2.21. The quantitative estimate of drug-likeness (QED) is 0.239. The average molecular weight is 418 g/mol. The van der Waals surface area contributed by atoms with Gasteiger partial charge < -0.3 is 20.7 Å². The molecule has 0 saturated heterocycles. The van der Waals surface area contributed by atoms with Crippen molar-refractivity contribution in [3.05, 3.63) is 62.8 Å². The number of benzene rings is 1. The van der Waals surface area contributed by atoms with E-state index in [-0.39, 0.29) is 18.3 Å². The Kier molecular flexibility index (Phi) is 6.13. The number of halogens is 1. The Balaban J connectivity index is 1.80. The fraction of sp³-hybridized carbons (Fsp3) is 0.211. The molecule has 0 aliphatic carbocycles. The molecular weight excluding hydrogens is 398 g/mol. The largest absolute Gasteiger partial charge is 0.391 e. The highest BCUT2D eigenvalue weighted by molar-refractivity contribution is 7.11. The second kappa shape index (κ2) is 8.55. The molecule has 0 fully saturated rings. The molecule has 0 radical (unpaired) electrons. The average Bonchev–Trinajstić information content (AvgIpc) is 3.28. The van der Waals surface area contributed by atoms with E-state index in [1.807, 2.05) is 12.1 Å². The molecule has 3 rings (SSSR count). The first-order chi connectivity index (χ1) is 13.4. The number of carbonyl (C=O) groups excluding carboxylic acids is 1. The lowest BCUT2D eigenvalue weighted by Gasteiger charge is -2.18. The Morgan fingerprint density at radius 3 is 2.64 bits per heavy atom. The van der Waals surface area contributed by atoms with Gasteiger partial charge in [0.05, 0.1) is 23.0 Å². The second-order valence-corrected chi connectivity index (χ2v) is 7.76. The molecule has 1 aromatic carbocycles. The Hall–Kier alpha value is -2.68. The molecule has 1 atom stereocenters. The molecule has 2 heterocycles. The van der Waals surface area contributed by atoms with Crippen molar-refractivity contribution >= 4 is 34.7 Å². The van der Waals surface area contributed by atoms with Gasteiger partial charge in [0.1, 0.15) is 10.7 Å². The van der Waals surface area contributed by atoms with E-state index < -0.39 is 6.17 Å². The van der Waals surface area contributed by atoms with Gasteiger partial charge in [0.15, 0.2) is 6.17 Å². The zero-order valence-electron chi connectivity index (χ0n) is 15.3. The van der Waals surface area contributed by atoms with Crippen LogP contribution < -0.4 is 10.6 Å². The third-order valence-electron chi connectivity index (χ3n) is 4.04. The first-order valence-electron chi connectivity index (χ1n) is 8.51. The van der Waals surface area contributed by atoms with E-state index in [0.717, 1.165) is 16.0 Å². The summed E-state index contributed by atoms with van der Waals surface area (Å²) in [7, 11) is 0. The number of amides is 1. The lowest BCUT2D eigenvalue weighted by molar-refractivity contribution is 0.0929.